The fourth-order valence-electron chi connectivity index (χ4n) is 2.78. The summed E-state index contributed by atoms with van der Waals surface area (Å²) >= 11 is 0. The van der Waals surface area contributed by atoms with Gasteiger partial charge in [0.2, 0.25) is 5.95 Å². The Labute approximate surface area is 137 Å². The molecule has 1 fully saturated rings. The molecule has 1 aliphatic rings. The van der Waals surface area contributed by atoms with E-state index in [1.54, 1.807) is 6.20 Å². The van der Waals surface area contributed by atoms with E-state index in [1.165, 1.54) is 11.3 Å². The van der Waals surface area contributed by atoms with Gasteiger partial charge in [0.05, 0.1) is 6.20 Å². The topological polar surface area (TPSA) is 57.2 Å². The number of anilines is 3. The fourth-order valence-corrected chi connectivity index (χ4v) is 2.78. The third-order valence-corrected chi connectivity index (χ3v) is 3.91. The van der Waals surface area contributed by atoms with E-state index in [0.717, 1.165) is 32.0 Å². The average Bonchev–Trinajstić information content (AvgIpc) is 2.55. The average molecular weight is 312 g/mol. The van der Waals surface area contributed by atoms with Gasteiger partial charge in [-0.3, -0.25) is 0 Å². The molecule has 1 saturated heterocycles. The van der Waals surface area contributed by atoms with Crippen LogP contribution in [0.5, 0.6) is 0 Å². The molecule has 6 nitrogen and oxygen atoms in total. The van der Waals surface area contributed by atoms with Gasteiger partial charge in [-0.25, -0.2) is 0 Å². The van der Waals surface area contributed by atoms with E-state index in [9.17, 15) is 0 Å². The number of nitrogens with zero attached hydrogens (tertiary/aromatic N) is 5. The monoisotopic (exact) mass is 312 g/mol. The summed E-state index contributed by atoms with van der Waals surface area (Å²) in [7, 11) is 0. The van der Waals surface area contributed by atoms with Crippen LogP contribution < -0.4 is 15.1 Å². The van der Waals surface area contributed by atoms with Gasteiger partial charge in [-0.2, -0.15) is 10.1 Å². The summed E-state index contributed by atoms with van der Waals surface area (Å²) in [6.07, 6.45) is 1.67. The van der Waals surface area contributed by atoms with E-state index < -0.39 is 0 Å². The molecule has 2 aromatic rings. The molecule has 1 aromatic heterocycles. The van der Waals surface area contributed by atoms with Crippen molar-refractivity contribution in [3.8, 4) is 0 Å². The highest BCUT2D eigenvalue weighted by Gasteiger charge is 2.20. The third-order valence-electron chi connectivity index (χ3n) is 3.91. The molecule has 0 radical (unpaired) electrons. The van der Waals surface area contributed by atoms with Crippen molar-refractivity contribution in [3.05, 3.63) is 36.0 Å². The fraction of sp³-hybridized carbons (Fsp3) is 0.471. The minimum Gasteiger partial charge on any atom is -0.368 e. The van der Waals surface area contributed by atoms with Crippen molar-refractivity contribution >= 4 is 17.5 Å². The first-order chi connectivity index (χ1) is 11.1. The summed E-state index contributed by atoms with van der Waals surface area (Å²) in [6.45, 7) is 10.0. The second kappa shape index (κ2) is 6.81. The van der Waals surface area contributed by atoms with Crippen molar-refractivity contribution in [2.75, 3.05) is 41.3 Å². The summed E-state index contributed by atoms with van der Waals surface area (Å²) in [4.78, 5) is 9.18. The van der Waals surface area contributed by atoms with Crippen molar-refractivity contribution < 1.29 is 0 Å². The van der Waals surface area contributed by atoms with Crippen LogP contribution in [0.1, 0.15) is 19.4 Å². The number of piperazine rings is 1. The van der Waals surface area contributed by atoms with E-state index >= 15 is 0 Å². The molecule has 2 heterocycles. The smallest absolute Gasteiger partial charge is 0.247 e. The van der Waals surface area contributed by atoms with Gasteiger partial charge in [-0.1, -0.05) is 12.1 Å². The zero-order valence-electron chi connectivity index (χ0n) is 14.0. The molecule has 1 aliphatic heterocycles. The molecule has 1 N–H and O–H groups in total. The van der Waals surface area contributed by atoms with Gasteiger partial charge in [0.1, 0.15) is 0 Å². The highest BCUT2D eigenvalue weighted by Crippen LogP contribution is 2.19. The van der Waals surface area contributed by atoms with Gasteiger partial charge in [-0.05, 0) is 38.5 Å². The first-order valence-corrected chi connectivity index (χ1v) is 8.14. The van der Waals surface area contributed by atoms with Crippen molar-refractivity contribution in [2.45, 2.75) is 26.8 Å². The lowest BCUT2D eigenvalue weighted by Crippen LogP contribution is -2.47. The van der Waals surface area contributed by atoms with Crippen LogP contribution in [0.25, 0.3) is 0 Å². The Morgan fingerprint density at radius 3 is 2.52 bits per heavy atom. The number of nitrogens with one attached hydrogen (secondary N) is 1. The van der Waals surface area contributed by atoms with Crippen molar-refractivity contribution in [3.63, 3.8) is 0 Å². The SMILES string of the molecule is Cc1cccc(N2CCN(c3nncc(NC(C)C)n3)CC2)c1. The number of benzene rings is 1. The molecular formula is C17H24N6. The molecule has 0 spiro atoms. The Morgan fingerprint density at radius 1 is 1.09 bits per heavy atom. The van der Waals surface area contributed by atoms with Crippen LogP contribution in [0.15, 0.2) is 30.5 Å². The van der Waals surface area contributed by atoms with E-state index in [2.05, 4.69) is 75.3 Å². The van der Waals surface area contributed by atoms with Crippen LogP contribution >= 0.6 is 0 Å². The maximum Gasteiger partial charge on any atom is 0.247 e. The van der Waals surface area contributed by atoms with Gasteiger partial charge < -0.3 is 15.1 Å². The summed E-state index contributed by atoms with van der Waals surface area (Å²) in [5.41, 5.74) is 2.59. The summed E-state index contributed by atoms with van der Waals surface area (Å²) in [6, 6.07) is 8.99. The van der Waals surface area contributed by atoms with Crippen molar-refractivity contribution in [1.82, 2.24) is 15.2 Å². The second-order valence-corrected chi connectivity index (χ2v) is 6.25. The molecule has 0 unspecified atom stereocenters. The maximum absolute atomic E-state index is 4.57. The van der Waals surface area contributed by atoms with Gasteiger partial charge in [0, 0.05) is 37.9 Å². The highest BCUT2D eigenvalue weighted by atomic mass is 15.4. The number of hydrogen-bond donors (Lipinski definition) is 1. The molecule has 0 aliphatic carbocycles. The lowest BCUT2D eigenvalue weighted by molar-refractivity contribution is 0.634. The predicted molar refractivity (Wildman–Crippen MR) is 94.2 cm³/mol. The highest BCUT2D eigenvalue weighted by molar-refractivity contribution is 5.50. The Bertz CT molecular complexity index is 649. The lowest BCUT2D eigenvalue weighted by Gasteiger charge is -2.36. The Hall–Kier alpha value is -2.37. The molecule has 23 heavy (non-hydrogen) atoms. The van der Waals surface area contributed by atoms with Crippen molar-refractivity contribution in [2.24, 2.45) is 0 Å². The predicted octanol–water partition coefficient (Wildman–Crippen LogP) is 2.33. The largest absolute Gasteiger partial charge is 0.368 e. The van der Waals surface area contributed by atoms with Crippen LogP contribution in [-0.2, 0) is 0 Å². The summed E-state index contributed by atoms with van der Waals surface area (Å²) in [5.74, 6) is 1.49. The number of aromatic nitrogens is 3. The normalized spacial score (nSPS) is 15.1. The van der Waals surface area contributed by atoms with E-state index in [4.69, 9.17) is 0 Å². The zero-order valence-corrected chi connectivity index (χ0v) is 14.0. The molecule has 0 bridgehead atoms. The molecule has 1 aromatic carbocycles. The minimum absolute atomic E-state index is 0.331. The molecule has 0 amide bonds. The first-order valence-electron chi connectivity index (χ1n) is 8.14. The van der Waals surface area contributed by atoms with Crippen LogP contribution in [0.3, 0.4) is 0 Å². The van der Waals surface area contributed by atoms with Crippen LogP contribution in [0.4, 0.5) is 17.5 Å². The Kier molecular flexibility index (Phi) is 4.60. The molecule has 0 atom stereocenters. The number of aryl methyl sites for hydroxylation is 1. The molecule has 0 saturated carbocycles. The third kappa shape index (κ3) is 3.88. The van der Waals surface area contributed by atoms with Crippen LogP contribution in [-0.4, -0.2) is 47.4 Å². The van der Waals surface area contributed by atoms with Gasteiger partial charge in [0.15, 0.2) is 5.82 Å². The zero-order chi connectivity index (χ0) is 16.2. The van der Waals surface area contributed by atoms with E-state index in [-0.39, 0.29) is 0 Å². The Balaban J connectivity index is 1.65. The molecule has 6 heteroatoms. The van der Waals surface area contributed by atoms with Crippen LogP contribution in [0, 0.1) is 6.92 Å². The summed E-state index contributed by atoms with van der Waals surface area (Å²) < 4.78 is 0. The van der Waals surface area contributed by atoms with E-state index in [1.807, 2.05) is 0 Å². The van der Waals surface area contributed by atoms with Gasteiger partial charge >= 0.3 is 0 Å². The molecule has 3 rings (SSSR count). The standard InChI is InChI=1S/C17H24N6/c1-13(2)19-16-12-18-21-17(20-16)23-9-7-22(8-10-23)15-6-4-5-14(3)11-15/h4-6,11-13H,7-10H2,1-3H3,(H,19,20,21). The molecular weight excluding hydrogens is 288 g/mol. The maximum atomic E-state index is 4.57. The second-order valence-electron chi connectivity index (χ2n) is 6.25. The Morgan fingerprint density at radius 2 is 1.83 bits per heavy atom. The lowest BCUT2D eigenvalue weighted by atomic mass is 10.2. The van der Waals surface area contributed by atoms with Crippen LogP contribution in [0.2, 0.25) is 0 Å². The molecule has 122 valence electrons. The summed E-state index contributed by atoms with van der Waals surface area (Å²) in [5, 5.41) is 11.5. The first kappa shape index (κ1) is 15.5. The number of hydrogen-bond acceptors (Lipinski definition) is 6. The van der Waals surface area contributed by atoms with Gasteiger partial charge in [-0.15, -0.1) is 5.10 Å². The minimum atomic E-state index is 0.331. The quantitative estimate of drug-likeness (QED) is 0.935. The van der Waals surface area contributed by atoms with E-state index in [0.29, 0.717) is 12.0 Å². The van der Waals surface area contributed by atoms with Gasteiger partial charge in [0.25, 0.3) is 0 Å². The number of rotatable bonds is 4. The van der Waals surface area contributed by atoms with Crippen molar-refractivity contribution in [1.29, 1.82) is 0 Å².